The zero-order chi connectivity index (χ0) is 11.3. The van der Waals surface area contributed by atoms with Crippen molar-refractivity contribution in [2.75, 3.05) is 20.1 Å². The Bertz CT molecular complexity index is 170. The Labute approximate surface area is 95.2 Å². The summed E-state index contributed by atoms with van der Waals surface area (Å²) in [4.78, 5) is 2.47. The van der Waals surface area contributed by atoms with Crippen LogP contribution in [0, 0.1) is 11.8 Å². The van der Waals surface area contributed by atoms with Gasteiger partial charge in [0, 0.05) is 12.6 Å². The Morgan fingerprint density at radius 1 is 1.40 bits per heavy atom. The van der Waals surface area contributed by atoms with Crippen LogP contribution in [0.5, 0.6) is 0 Å². The molecule has 0 aliphatic heterocycles. The summed E-state index contributed by atoms with van der Waals surface area (Å²) >= 11 is 0. The fourth-order valence-corrected chi connectivity index (χ4v) is 2.56. The first-order chi connectivity index (χ1) is 7.13. The highest BCUT2D eigenvalue weighted by Crippen LogP contribution is 2.26. The van der Waals surface area contributed by atoms with E-state index in [9.17, 15) is 0 Å². The van der Waals surface area contributed by atoms with Crippen molar-refractivity contribution >= 4 is 0 Å². The zero-order valence-electron chi connectivity index (χ0n) is 10.7. The maximum absolute atomic E-state index is 6.07. The van der Waals surface area contributed by atoms with Crippen molar-refractivity contribution in [1.82, 2.24) is 4.90 Å². The Morgan fingerprint density at radius 2 is 2.13 bits per heavy atom. The molecule has 0 spiro atoms. The van der Waals surface area contributed by atoms with Gasteiger partial charge in [-0.15, -0.1) is 0 Å². The van der Waals surface area contributed by atoms with Gasteiger partial charge < -0.3 is 10.6 Å². The average Bonchev–Trinajstić information content (AvgIpc) is 2.61. The lowest BCUT2D eigenvalue weighted by atomic mass is 10.00. The molecule has 0 aromatic carbocycles. The molecule has 0 amide bonds. The standard InChI is InChI=1S/C13H28N2/c1-4-11(2)10-15(3)9-8-12-6-5-7-13(12)14/h11-13H,4-10,14H2,1-3H3. The largest absolute Gasteiger partial charge is 0.327 e. The van der Waals surface area contributed by atoms with Gasteiger partial charge in [0.2, 0.25) is 0 Å². The maximum Gasteiger partial charge on any atom is 0.00676 e. The lowest BCUT2D eigenvalue weighted by Crippen LogP contribution is -2.30. The van der Waals surface area contributed by atoms with Gasteiger partial charge in [-0.25, -0.2) is 0 Å². The number of hydrogen-bond acceptors (Lipinski definition) is 2. The molecule has 1 fully saturated rings. The van der Waals surface area contributed by atoms with E-state index in [-0.39, 0.29) is 0 Å². The minimum Gasteiger partial charge on any atom is -0.327 e. The van der Waals surface area contributed by atoms with Crippen molar-refractivity contribution in [1.29, 1.82) is 0 Å². The Hall–Kier alpha value is -0.0800. The van der Waals surface area contributed by atoms with Gasteiger partial charge >= 0.3 is 0 Å². The Morgan fingerprint density at radius 3 is 2.67 bits per heavy atom. The van der Waals surface area contributed by atoms with Gasteiger partial charge in [0.15, 0.2) is 0 Å². The molecule has 1 saturated carbocycles. The summed E-state index contributed by atoms with van der Waals surface area (Å²) in [6, 6.07) is 0.488. The smallest absolute Gasteiger partial charge is 0.00676 e. The fraction of sp³-hybridized carbons (Fsp3) is 1.00. The van der Waals surface area contributed by atoms with Gasteiger partial charge in [-0.3, -0.25) is 0 Å². The molecule has 0 radical (unpaired) electrons. The Kier molecular flexibility index (Phi) is 5.62. The normalized spacial score (nSPS) is 28.6. The molecular weight excluding hydrogens is 184 g/mol. The van der Waals surface area contributed by atoms with Crippen molar-refractivity contribution in [3.63, 3.8) is 0 Å². The molecule has 0 saturated heterocycles. The molecule has 2 N–H and O–H groups in total. The molecule has 2 nitrogen and oxygen atoms in total. The van der Waals surface area contributed by atoms with Gasteiger partial charge in [-0.05, 0) is 44.7 Å². The highest BCUT2D eigenvalue weighted by molar-refractivity contribution is 4.80. The van der Waals surface area contributed by atoms with E-state index in [2.05, 4.69) is 25.8 Å². The van der Waals surface area contributed by atoms with E-state index in [1.807, 2.05) is 0 Å². The van der Waals surface area contributed by atoms with Crippen molar-refractivity contribution in [2.24, 2.45) is 17.6 Å². The summed E-state index contributed by atoms with van der Waals surface area (Å²) < 4.78 is 0. The predicted molar refractivity (Wildman–Crippen MR) is 66.9 cm³/mol. The van der Waals surface area contributed by atoms with Gasteiger partial charge in [0.1, 0.15) is 0 Å². The fourth-order valence-electron chi connectivity index (χ4n) is 2.56. The molecule has 3 unspecified atom stereocenters. The summed E-state index contributed by atoms with van der Waals surface area (Å²) in [6.07, 6.45) is 6.54. The van der Waals surface area contributed by atoms with Gasteiger partial charge in [0.25, 0.3) is 0 Å². The number of nitrogens with zero attached hydrogens (tertiary/aromatic N) is 1. The molecule has 1 rings (SSSR count). The third-order valence-electron chi connectivity index (χ3n) is 3.92. The van der Waals surface area contributed by atoms with E-state index in [0.717, 1.165) is 11.8 Å². The third-order valence-corrected chi connectivity index (χ3v) is 3.92. The van der Waals surface area contributed by atoms with E-state index in [4.69, 9.17) is 5.73 Å². The summed E-state index contributed by atoms with van der Waals surface area (Å²) in [6.45, 7) is 7.06. The van der Waals surface area contributed by atoms with Gasteiger partial charge in [-0.2, -0.15) is 0 Å². The summed E-state index contributed by atoms with van der Waals surface area (Å²) in [5.74, 6) is 1.62. The minimum atomic E-state index is 0.488. The highest BCUT2D eigenvalue weighted by atomic mass is 15.1. The lowest BCUT2D eigenvalue weighted by Gasteiger charge is -2.23. The van der Waals surface area contributed by atoms with E-state index < -0.39 is 0 Å². The van der Waals surface area contributed by atoms with Crippen molar-refractivity contribution in [2.45, 2.75) is 52.0 Å². The van der Waals surface area contributed by atoms with E-state index in [0.29, 0.717) is 6.04 Å². The number of rotatable bonds is 6. The van der Waals surface area contributed by atoms with Crippen LogP contribution in [0.3, 0.4) is 0 Å². The summed E-state index contributed by atoms with van der Waals surface area (Å²) in [7, 11) is 2.24. The zero-order valence-corrected chi connectivity index (χ0v) is 10.7. The molecule has 0 aromatic rings. The molecule has 3 atom stereocenters. The monoisotopic (exact) mass is 212 g/mol. The number of hydrogen-bond donors (Lipinski definition) is 1. The average molecular weight is 212 g/mol. The summed E-state index contributed by atoms with van der Waals surface area (Å²) in [5, 5.41) is 0. The Balaban J connectivity index is 2.13. The van der Waals surface area contributed by atoms with Crippen LogP contribution in [0.15, 0.2) is 0 Å². The predicted octanol–water partition coefficient (Wildman–Crippen LogP) is 2.48. The van der Waals surface area contributed by atoms with E-state index >= 15 is 0 Å². The van der Waals surface area contributed by atoms with Gasteiger partial charge in [-0.1, -0.05) is 26.7 Å². The molecule has 2 heteroatoms. The number of nitrogens with two attached hydrogens (primary N) is 1. The summed E-state index contributed by atoms with van der Waals surface area (Å²) in [5.41, 5.74) is 6.07. The SMILES string of the molecule is CCC(C)CN(C)CCC1CCCC1N. The second kappa shape index (κ2) is 6.49. The van der Waals surface area contributed by atoms with Crippen LogP contribution >= 0.6 is 0 Å². The van der Waals surface area contributed by atoms with Crippen LogP contribution in [-0.4, -0.2) is 31.1 Å². The lowest BCUT2D eigenvalue weighted by molar-refractivity contribution is 0.256. The first-order valence-electron chi connectivity index (χ1n) is 6.57. The molecule has 1 aliphatic carbocycles. The molecule has 0 heterocycles. The molecular formula is C13H28N2. The van der Waals surface area contributed by atoms with Crippen LogP contribution in [0.2, 0.25) is 0 Å². The molecule has 15 heavy (non-hydrogen) atoms. The first-order valence-corrected chi connectivity index (χ1v) is 6.57. The molecule has 0 aromatic heterocycles. The quantitative estimate of drug-likeness (QED) is 0.733. The second-order valence-corrected chi connectivity index (χ2v) is 5.42. The van der Waals surface area contributed by atoms with Crippen LogP contribution in [0.25, 0.3) is 0 Å². The van der Waals surface area contributed by atoms with Crippen LogP contribution < -0.4 is 5.73 Å². The molecule has 90 valence electrons. The van der Waals surface area contributed by atoms with E-state index in [1.54, 1.807) is 0 Å². The second-order valence-electron chi connectivity index (χ2n) is 5.42. The topological polar surface area (TPSA) is 29.3 Å². The third kappa shape index (κ3) is 4.52. The highest BCUT2D eigenvalue weighted by Gasteiger charge is 2.23. The van der Waals surface area contributed by atoms with Crippen LogP contribution in [0.1, 0.15) is 46.0 Å². The van der Waals surface area contributed by atoms with Gasteiger partial charge in [0.05, 0.1) is 0 Å². The van der Waals surface area contributed by atoms with Crippen LogP contribution in [-0.2, 0) is 0 Å². The maximum atomic E-state index is 6.07. The van der Waals surface area contributed by atoms with Crippen molar-refractivity contribution in [3.05, 3.63) is 0 Å². The van der Waals surface area contributed by atoms with E-state index in [1.165, 1.54) is 45.2 Å². The van der Waals surface area contributed by atoms with Crippen molar-refractivity contribution in [3.8, 4) is 0 Å². The van der Waals surface area contributed by atoms with Crippen LogP contribution in [0.4, 0.5) is 0 Å². The first kappa shape index (κ1) is 13.0. The van der Waals surface area contributed by atoms with Crippen molar-refractivity contribution < 1.29 is 0 Å². The molecule has 0 bridgehead atoms. The molecule has 1 aliphatic rings. The minimum absolute atomic E-state index is 0.488.